The molecule has 4 rings (SSSR count). The fourth-order valence-corrected chi connectivity index (χ4v) is 4.14. The Morgan fingerprint density at radius 1 is 1.23 bits per heavy atom. The van der Waals surface area contributed by atoms with E-state index in [9.17, 15) is 19.7 Å². The summed E-state index contributed by atoms with van der Waals surface area (Å²) in [5.41, 5.74) is 0.689. The molecule has 1 heterocycles. The third-order valence-electron chi connectivity index (χ3n) is 5.89. The summed E-state index contributed by atoms with van der Waals surface area (Å²) in [6.07, 6.45) is 2.00. The number of amides is 1. The maximum absolute atomic E-state index is 13.4. The van der Waals surface area contributed by atoms with Crippen LogP contribution in [0, 0.1) is 10.1 Å². The predicted molar refractivity (Wildman–Crippen MR) is 154 cm³/mol. The number of hydrogen-bond acceptors (Lipinski definition) is 7. The number of carbonyl (C=O) groups excluding carboxylic acids is 1. The number of rotatable bonds is 9. The van der Waals surface area contributed by atoms with Crippen molar-refractivity contribution < 1.29 is 14.5 Å². The van der Waals surface area contributed by atoms with Crippen LogP contribution in [0.25, 0.3) is 10.9 Å². The van der Waals surface area contributed by atoms with E-state index in [2.05, 4.69) is 31.3 Å². The highest BCUT2D eigenvalue weighted by atomic mass is 79.9. The first kappa shape index (κ1) is 27.9. The summed E-state index contributed by atoms with van der Waals surface area (Å²) in [4.78, 5) is 41.3. The van der Waals surface area contributed by atoms with Gasteiger partial charge in [-0.2, -0.15) is 9.78 Å². The molecule has 4 aromatic rings. The van der Waals surface area contributed by atoms with Crippen LogP contribution < -0.4 is 15.6 Å². The smallest absolute Gasteiger partial charge is 0.282 e. The van der Waals surface area contributed by atoms with Crippen molar-refractivity contribution in [1.29, 1.82) is 0 Å². The molecule has 0 saturated heterocycles. The van der Waals surface area contributed by atoms with Crippen LogP contribution in [0.4, 0.5) is 11.4 Å². The van der Waals surface area contributed by atoms with Crippen molar-refractivity contribution in [2.75, 3.05) is 11.9 Å². The molecule has 0 radical (unpaired) electrons. The first-order valence-electron chi connectivity index (χ1n) is 11.9. The number of non-ortho nitro benzene ring substituents is 1. The monoisotopic (exact) mass is 611 g/mol. The van der Waals surface area contributed by atoms with E-state index in [1.807, 2.05) is 13.8 Å². The molecule has 1 atom stereocenters. The van der Waals surface area contributed by atoms with Gasteiger partial charge in [0.2, 0.25) is 0 Å². The zero-order chi connectivity index (χ0) is 28.1. The third kappa shape index (κ3) is 6.68. The quantitative estimate of drug-likeness (QED) is 0.137. The predicted octanol–water partition coefficient (Wildman–Crippen LogP) is 6.13. The number of halogens is 2. The lowest BCUT2D eigenvalue weighted by molar-refractivity contribution is -0.384. The van der Waals surface area contributed by atoms with Gasteiger partial charge >= 0.3 is 0 Å². The lowest BCUT2D eigenvalue weighted by atomic mass is 10.1. The molecular weight excluding hydrogens is 590 g/mol. The number of anilines is 1. The Morgan fingerprint density at radius 2 is 1.97 bits per heavy atom. The average Bonchev–Trinajstić information content (AvgIpc) is 2.92. The number of aromatic nitrogens is 2. The van der Waals surface area contributed by atoms with Gasteiger partial charge in [0.1, 0.15) is 11.6 Å². The minimum absolute atomic E-state index is 0.0970. The molecule has 1 amide bonds. The van der Waals surface area contributed by atoms with Crippen molar-refractivity contribution >= 4 is 61.9 Å². The zero-order valence-corrected chi connectivity index (χ0v) is 23.3. The van der Waals surface area contributed by atoms with Crippen molar-refractivity contribution in [3.05, 3.63) is 102 Å². The van der Waals surface area contributed by atoms with Crippen LogP contribution in [-0.2, 0) is 4.79 Å². The number of nitrogens with one attached hydrogen (secondary N) is 1. The summed E-state index contributed by atoms with van der Waals surface area (Å²) in [7, 11) is 0. The average molecular weight is 613 g/mol. The summed E-state index contributed by atoms with van der Waals surface area (Å²) >= 11 is 9.25. The lowest BCUT2D eigenvalue weighted by Crippen LogP contribution is -2.24. The standard InChI is InChI=1S/C27H23BrClN5O5/c1-3-16(2)26-32-23-10-4-18(28)13-22(23)27(36)33(26)30-14-17-12-21(34(37)38)9-11-24(17)39-15-25(35)31-20-7-5-19(29)6-8-20/h4-14,16H,3,15H2,1-2H3,(H,31,35)/t16-/m0/s1. The Morgan fingerprint density at radius 3 is 2.67 bits per heavy atom. The molecule has 12 heteroatoms. The molecule has 0 spiro atoms. The number of fused-ring (bicyclic) bond motifs is 1. The Labute approximate surface area is 236 Å². The van der Waals surface area contributed by atoms with E-state index in [0.29, 0.717) is 38.3 Å². The summed E-state index contributed by atoms with van der Waals surface area (Å²) in [6, 6.07) is 15.7. The van der Waals surface area contributed by atoms with E-state index in [4.69, 9.17) is 16.3 Å². The second kappa shape index (κ2) is 12.2. The van der Waals surface area contributed by atoms with Gasteiger partial charge in [-0.05, 0) is 55.0 Å². The number of ether oxygens (including phenoxy) is 1. The minimum Gasteiger partial charge on any atom is -0.483 e. The van der Waals surface area contributed by atoms with Gasteiger partial charge < -0.3 is 10.1 Å². The molecule has 3 aromatic carbocycles. The van der Waals surface area contributed by atoms with Gasteiger partial charge in [0.05, 0.1) is 22.0 Å². The first-order chi connectivity index (χ1) is 18.7. The maximum atomic E-state index is 13.4. The van der Waals surface area contributed by atoms with E-state index in [1.54, 1.807) is 42.5 Å². The Balaban J connectivity index is 1.68. The van der Waals surface area contributed by atoms with Crippen molar-refractivity contribution in [3.8, 4) is 5.75 Å². The molecule has 0 saturated carbocycles. The van der Waals surface area contributed by atoms with E-state index in [1.165, 1.54) is 29.1 Å². The van der Waals surface area contributed by atoms with Crippen molar-refractivity contribution in [2.24, 2.45) is 5.10 Å². The fraction of sp³-hybridized carbons (Fsp3) is 0.185. The molecule has 1 aromatic heterocycles. The highest BCUT2D eigenvalue weighted by Gasteiger charge is 2.17. The molecular formula is C27H23BrClN5O5. The van der Waals surface area contributed by atoms with Gasteiger partial charge in [-0.15, -0.1) is 0 Å². The molecule has 0 unspecified atom stereocenters. The molecule has 39 heavy (non-hydrogen) atoms. The first-order valence-corrected chi connectivity index (χ1v) is 13.1. The van der Waals surface area contributed by atoms with Crippen molar-refractivity contribution in [1.82, 2.24) is 9.66 Å². The van der Waals surface area contributed by atoms with Crippen LogP contribution in [0.1, 0.15) is 37.6 Å². The van der Waals surface area contributed by atoms with Gasteiger partial charge in [0.15, 0.2) is 6.61 Å². The normalized spacial score (nSPS) is 12.0. The molecule has 0 bridgehead atoms. The SMILES string of the molecule is CC[C@H](C)c1nc2ccc(Br)cc2c(=O)n1N=Cc1cc([N+](=O)[O-])ccc1OCC(=O)Nc1ccc(Cl)cc1. The van der Waals surface area contributed by atoms with E-state index in [0.717, 1.165) is 0 Å². The largest absolute Gasteiger partial charge is 0.483 e. The highest BCUT2D eigenvalue weighted by Crippen LogP contribution is 2.24. The van der Waals surface area contributed by atoms with Gasteiger partial charge in [-0.3, -0.25) is 19.7 Å². The molecule has 0 aliphatic rings. The van der Waals surface area contributed by atoms with Crippen molar-refractivity contribution in [2.45, 2.75) is 26.2 Å². The number of nitro groups is 1. The molecule has 10 nitrogen and oxygen atoms in total. The van der Waals surface area contributed by atoms with Gasteiger partial charge in [0.25, 0.3) is 17.2 Å². The van der Waals surface area contributed by atoms with Crippen LogP contribution in [0.5, 0.6) is 5.75 Å². The Hall–Kier alpha value is -4.09. The van der Waals surface area contributed by atoms with Crippen LogP contribution in [0.3, 0.4) is 0 Å². The topological polar surface area (TPSA) is 129 Å². The highest BCUT2D eigenvalue weighted by molar-refractivity contribution is 9.10. The summed E-state index contributed by atoms with van der Waals surface area (Å²) < 4.78 is 7.58. The molecule has 0 aliphatic carbocycles. The summed E-state index contributed by atoms with van der Waals surface area (Å²) in [5, 5.41) is 19.4. The zero-order valence-electron chi connectivity index (χ0n) is 20.9. The lowest BCUT2D eigenvalue weighted by Gasteiger charge is -2.14. The molecule has 0 fully saturated rings. The van der Waals surface area contributed by atoms with Crippen molar-refractivity contribution in [3.63, 3.8) is 0 Å². The molecule has 0 aliphatic heterocycles. The second-order valence-electron chi connectivity index (χ2n) is 8.63. The number of benzene rings is 3. The minimum atomic E-state index is -0.555. The summed E-state index contributed by atoms with van der Waals surface area (Å²) in [5.74, 6) is 0.0764. The number of hydrogen-bond donors (Lipinski definition) is 1. The van der Waals surface area contributed by atoms with Crippen LogP contribution in [0.2, 0.25) is 5.02 Å². The molecule has 200 valence electrons. The van der Waals surface area contributed by atoms with Crippen LogP contribution >= 0.6 is 27.5 Å². The van der Waals surface area contributed by atoms with Crippen LogP contribution in [0.15, 0.2) is 75.0 Å². The van der Waals surface area contributed by atoms with Gasteiger partial charge in [-0.1, -0.05) is 41.4 Å². The van der Waals surface area contributed by atoms with Crippen LogP contribution in [-0.4, -0.2) is 33.3 Å². The fourth-order valence-electron chi connectivity index (χ4n) is 3.65. The third-order valence-corrected chi connectivity index (χ3v) is 6.63. The van der Waals surface area contributed by atoms with Gasteiger partial charge in [0, 0.05) is 38.8 Å². The summed E-state index contributed by atoms with van der Waals surface area (Å²) in [6.45, 7) is 3.53. The van der Waals surface area contributed by atoms with E-state index >= 15 is 0 Å². The molecule has 1 N–H and O–H groups in total. The Kier molecular flexibility index (Phi) is 8.72. The number of nitro benzene ring substituents is 1. The second-order valence-corrected chi connectivity index (χ2v) is 9.98. The maximum Gasteiger partial charge on any atom is 0.282 e. The number of carbonyl (C=O) groups is 1. The van der Waals surface area contributed by atoms with E-state index in [-0.39, 0.29) is 35.1 Å². The Bertz CT molecular complexity index is 1640. The van der Waals surface area contributed by atoms with E-state index < -0.39 is 10.8 Å². The number of nitrogens with zero attached hydrogens (tertiary/aromatic N) is 4. The van der Waals surface area contributed by atoms with Gasteiger partial charge in [-0.25, -0.2) is 4.98 Å².